The van der Waals surface area contributed by atoms with Gasteiger partial charge in [-0.25, -0.2) is 9.97 Å². The van der Waals surface area contributed by atoms with Crippen LogP contribution in [0.4, 0.5) is 17.3 Å². The fourth-order valence-corrected chi connectivity index (χ4v) is 4.84. The third-order valence-corrected chi connectivity index (χ3v) is 6.78. The maximum atomic E-state index is 13.4. The monoisotopic (exact) mass is 486 g/mol. The predicted octanol–water partition coefficient (Wildman–Crippen LogP) is 5.75. The van der Waals surface area contributed by atoms with Crippen molar-refractivity contribution >= 4 is 34.8 Å². The average Bonchev–Trinajstić information content (AvgIpc) is 3.22. The number of hydrogen-bond acceptors (Lipinski definition) is 5. The number of nitrogens with zero attached hydrogens (tertiary/aromatic N) is 4. The van der Waals surface area contributed by atoms with E-state index in [1.807, 2.05) is 43.6 Å². The Balaban J connectivity index is 1.50. The molecule has 8 heteroatoms. The van der Waals surface area contributed by atoms with Crippen LogP contribution in [-0.2, 0) is 32.7 Å². The van der Waals surface area contributed by atoms with Crippen molar-refractivity contribution in [2.24, 2.45) is 7.05 Å². The minimum absolute atomic E-state index is 0.190. The molecule has 0 bridgehead atoms. The molecule has 0 fully saturated rings. The molecule has 0 saturated heterocycles. The van der Waals surface area contributed by atoms with Crippen LogP contribution in [0.2, 0.25) is 5.02 Å². The molecule has 1 amide bonds. The standard InChI is InChI=1S/C27H27ClN6O/c1-4-16-9-8-10-17(5-2)22(16)31-26(35)24-19-14-13-18-15-29-27(30-21-12-7-6-11-20(21)28)32-23(18)25(19)34(3)33-24/h6-12,15H,4-5,13-14H2,1-3H3,(H,31,35)(H,29,30,32). The number of aromatic nitrogens is 4. The van der Waals surface area contributed by atoms with Crippen molar-refractivity contribution in [1.82, 2.24) is 19.7 Å². The van der Waals surface area contributed by atoms with Gasteiger partial charge in [-0.3, -0.25) is 9.48 Å². The van der Waals surface area contributed by atoms with Gasteiger partial charge in [-0.1, -0.05) is 55.8 Å². The first-order valence-corrected chi connectivity index (χ1v) is 12.2. The molecule has 35 heavy (non-hydrogen) atoms. The van der Waals surface area contributed by atoms with Gasteiger partial charge < -0.3 is 10.6 Å². The van der Waals surface area contributed by atoms with Crippen molar-refractivity contribution in [3.05, 3.63) is 81.6 Å². The Morgan fingerprint density at radius 3 is 2.51 bits per heavy atom. The highest BCUT2D eigenvalue weighted by atomic mass is 35.5. The molecular weight excluding hydrogens is 460 g/mol. The maximum Gasteiger partial charge on any atom is 0.276 e. The summed E-state index contributed by atoms with van der Waals surface area (Å²) in [6, 6.07) is 13.6. The third-order valence-electron chi connectivity index (χ3n) is 6.45. The Kier molecular flexibility index (Phi) is 6.26. The van der Waals surface area contributed by atoms with E-state index in [9.17, 15) is 4.79 Å². The number of carbonyl (C=O) groups excluding carboxylic acids is 1. The van der Waals surface area contributed by atoms with Crippen LogP contribution in [0.15, 0.2) is 48.7 Å². The molecule has 0 spiro atoms. The van der Waals surface area contributed by atoms with Gasteiger partial charge in [-0.15, -0.1) is 0 Å². The molecule has 0 aliphatic heterocycles. The van der Waals surface area contributed by atoms with Crippen LogP contribution < -0.4 is 10.6 Å². The Labute approximate surface area is 209 Å². The number of rotatable bonds is 6. The summed E-state index contributed by atoms with van der Waals surface area (Å²) in [6.45, 7) is 4.19. The van der Waals surface area contributed by atoms with Crippen LogP contribution >= 0.6 is 11.6 Å². The van der Waals surface area contributed by atoms with Crippen molar-refractivity contribution in [2.45, 2.75) is 39.5 Å². The van der Waals surface area contributed by atoms with E-state index in [-0.39, 0.29) is 5.91 Å². The highest BCUT2D eigenvalue weighted by Crippen LogP contribution is 2.35. The maximum absolute atomic E-state index is 13.4. The van der Waals surface area contributed by atoms with Crippen LogP contribution in [0.1, 0.15) is 46.6 Å². The molecule has 178 valence electrons. The smallest absolute Gasteiger partial charge is 0.276 e. The minimum Gasteiger partial charge on any atom is -0.323 e. The summed E-state index contributed by atoms with van der Waals surface area (Å²) in [5.74, 6) is 0.255. The van der Waals surface area contributed by atoms with E-state index >= 15 is 0 Å². The molecule has 2 aromatic carbocycles. The van der Waals surface area contributed by atoms with Gasteiger partial charge in [0.1, 0.15) is 0 Å². The third kappa shape index (κ3) is 4.28. The van der Waals surface area contributed by atoms with Crippen molar-refractivity contribution in [1.29, 1.82) is 0 Å². The lowest BCUT2D eigenvalue weighted by Crippen LogP contribution is -2.18. The lowest BCUT2D eigenvalue weighted by Gasteiger charge is -2.18. The SMILES string of the molecule is CCc1cccc(CC)c1NC(=O)c1nn(C)c2c1CCc1cnc(Nc3ccccc3Cl)nc1-2. The number of fused-ring (bicyclic) bond motifs is 3. The number of hydrogen-bond donors (Lipinski definition) is 2. The van der Waals surface area contributed by atoms with Crippen LogP contribution in [0.25, 0.3) is 11.4 Å². The van der Waals surface area contributed by atoms with Gasteiger partial charge >= 0.3 is 0 Å². The van der Waals surface area contributed by atoms with Gasteiger partial charge in [0.25, 0.3) is 5.91 Å². The average molecular weight is 487 g/mol. The van der Waals surface area contributed by atoms with Gasteiger partial charge in [0.2, 0.25) is 5.95 Å². The van der Waals surface area contributed by atoms with Gasteiger partial charge in [0.15, 0.2) is 5.69 Å². The van der Waals surface area contributed by atoms with Crippen molar-refractivity contribution < 1.29 is 4.79 Å². The summed E-state index contributed by atoms with van der Waals surface area (Å²) >= 11 is 6.29. The lowest BCUT2D eigenvalue weighted by molar-refractivity contribution is 0.102. The minimum atomic E-state index is -0.190. The number of amides is 1. The van der Waals surface area contributed by atoms with E-state index in [0.29, 0.717) is 23.1 Å². The molecule has 0 saturated carbocycles. The first kappa shape index (κ1) is 23.1. The van der Waals surface area contributed by atoms with Crippen molar-refractivity contribution in [3.8, 4) is 11.4 Å². The topological polar surface area (TPSA) is 84.7 Å². The van der Waals surface area contributed by atoms with Crippen LogP contribution in [0.3, 0.4) is 0 Å². The lowest BCUT2D eigenvalue weighted by atomic mass is 9.93. The highest BCUT2D eigenvalue weighted by molar-refractivity contribution is 6.33. The van der Waals surface area contributed by atoms with Crippen LogP contribution in [0.5, 0.6) is 0 Å². The number of carbonyl (C=O) groups is 1. The number of benzene rings is 2. The predicted molar refractivity (Wildman–Crippen MR) is 140 cm³/mol. The van der Waals surface area contributed by atoms with Gasteiger partial charge in [0, 0.05) is 24.5 Å². The zero-order valence-electron chi connectivity index (χ0n) is 20.0. The van der Waals surface area contributed by atoms with E-state index < -0.39 is 0 Å². The summed E-state index contributed by atoms with van der Waals surface area (Å²) < 4.78 is 1.75. The van der Waals surface area contributed by atoms with E-state index in [0.717, 1.165) is 64.3 Å². The summed E-state index contributed by atoms with van der Waals surface area (Å²) in [6.07, 6.45) is 4.97. The van der Waals surface area contributed by atoms with Crippen molar-refractivity contribution in [2.75, 3.05) is 10.6 Å². The van der Waals surface area contributed by atoms with Gasteiger partial charge in [-0.2, -0.15) is 5.10 Å². The summed E-state index contributed by atoms with van der Waals surface area (Å²) in [5.41, 5.74) is 7.89. The Bertz CT molecular complexity index is 1410. The van der Waals surface area contributed by atoms with E-state index in [1.54, 1.807) is 4.68 Å². The van der Waals surface area contributed by atoms with E-state index in [1.165, 1.54) is 0 Å². The molecule has 0 atom stereocenters. The Morgan fingerprint density at radius 2 is 1.80 bits per heavy atom. The summed E-state index contributed by atoms with van der Waals surface area (Å²) in [5, 5.41) is 11.6. The largest absolute Gasteiger partial charge is 0.323 e. The number of halogens is 1. The number of para-hydroxylation sites is 2. The molecule has 4 aromatic rings. The highest BCUT2D eigenvalue weighted by Gasteiger charge is 2.29. The molecule has 1 aliphatic carbocycles. The zero-order valence-corrected chi connectivity index (χ0v) is 20.8. The Morgan fingerprint density at radius 1 is 1.06 bits per heavy atom. The molecule has 5 rings (SSSR count). The number of aryl methyl sites for hydroxylation is 4. The van der Waals surface area contributed by atoms with Crippen molar-refractivity contribution in [3.63, 3.8) is 0 Å². The molecule has 2 N–H and O–H groups in total. The molecule has 2 heterocycles. The quantitative estimate of drug-likeness (QED) is 0.362. The molecule has 0 unspecified atom stereocenters. The molecule has 0 radical (unpaired) electrons. The molecule has 2 aromatic heterocycles. The fourth-order valence-electron chi connectivity index (χ4n) is 4.66. The van der Waals surface area contributed by atoms with Gasteiger partial charge in [-0.05, 0) is 54.5 Å². The first-order chi connectivity index (χ1) is 17.0. The second kappa shape index (κ2) is 9.50. The second-order valence-electron chi connectivity index (χ2n) is 8.58. The van der Waals surface area contributed by atoms with Crippen LogP contribution in [0, 0.1) is 0 Å². The van der Waals surface area contributed by atoms with Crippen LogP contribution in [-0.4, -0.2) is 25.7 Å². The molecule has 1 aliphatic rings. The number of anilines is 3. The summed E-state index contributed by atoms with van der Waals surface area (Å²) in [4.78, 5) is 22.7. The van der Waals surface area contributed by atoms with E-state index in [4.69, 9.17) is 16.6 Å². The zero-order chi connectivity index (χ0) is 24.5. The molecular formula is C27H27ClN6O. The fraction of sp³-hybridized carbons (Fsp3) is 0.259. The van der Waals surface area contributed by atoms with Gasteiger partial charge in [0.05, 0.1) is 22.1 Å². The Hall–Kier alpha value is -3.71. The first-order valence-electron chi connectivity index (χ1n) is 11.9. The number of nitrogens with one attached hydrogen (secondary N) is 2. The normalized spacial score (nSPS) is 12.1. The van der Waals surface area contributed by atoms with E-state index in [2.05, 4.69) is 46.7 Å². The molecule has 7 nitrogen and oxygen atoms in total. The summed E-state index contributed by atoms with van der Waals surface area (Å²) in [7, 11) is 1.85. The second-order valence-corrected chi connectivity index (χ2v) is 8.99.